The Labute approximate surface area is 170 Å². The zero-order chi connectivity index (χ0) is 22.0. The predicted molar refractivity (Wildman–Crippen MR) is 108 cm³/mol. The Kier molecular flexibility index (Phi) is 9.81. The molecule has 0 aliphatic heterocycles. The molecule has 0 spiro atoms. The summed E-state index contributed by atoms with van der Waals surface area (Å²) in [5, 5.41) is 14.5. The summed E-state index contributed by atoms with van der Waals surface area (Å²) in [6.45, 7) is 3.55. The molecule has 0 aromatic heterocycles. The van der Waals surface area contributed by atoms with Crippen LogP contribution in [0.2, 0.25) is 0 Å². The number of rotatable bonds is 12. The average molecular weight is 406 g/mol. The van der Waals surface area contributed by atoms with Gasteiger partial charge >= 0.3 is 5.97 Å². The highest BCUT2D eigenvalue weighted by Gasteiger charge is 2.30. The summed E-state index contributed by atoms with van der Waals surface area (Å²) in [4.78, 5) is 47.6. The van der Waals surface area contributed by atoms with Crippen molar-refractivity contribution in [1.82, 2.24) is 10.6 Å². The summed E-state index contributed by atoms with van der Waals surface area (Å²) in [7, 11) is 0. The Morgan fingerprint density at radius 1 is 1.07 bits per heavy atom. The van der Waals surface area contributed by atoms with Gasteiger partial charge in [-0.05, 0) is 17.9 Å². The molecule has 9 heteroatoms. The van der Waals surface area contributed by atoms with E-state index in [0.717, 1.165) is 5.56 Å². The van der Waals surface area contributed by atoms with Crippen LogP contribution in [0.15, 0.2) is 30.3 Å². The molecule has 9 nitrogen and oxygen atoms in total. The normalized spacial score (nSPS) is 14.9. The van der Waals surface area contributed by atoms with E-state index in [0.29, 0.717) is 6.42 Å². The summed E-state index contributed by atoms with van der Waals surface area (Å²) in [6.07, 6.45) is 0.712. The van der Waals surface area contributed by atoms with E-state index in [1.165, 1.54) is 0 Å². The number of carboxylic acids is 1. The van der Waals surface area contributed by atoms with Gasteiger partial charge in [0.1, 0.15) is 12.1 Å². The molecule has 4 atom stereocenters. The molecule has 7 N–H and O–H groups in total. The van der Waals surface area contributed by atoms with Crippen molar-refractivity contribution in [2.24, 2.45) is 17.4 Å². The van der Waals surface area contributed by atoms with Gasteiger partial charge < -0.3 is 27.2 Å². The first-order chi connectivity index (χ1) is 13.6. The topological polar surface area (TPSA) is 165 Å². The van der Waals surface area contributed by atoms with Gasteiger partial charge in [0.15, 0.2) is 0 Å². The first-order valence-electron chi connectivity index (χ1n) is 9.57. The number of nitrogens with two attached hydrogens (primary N) is 2. The van der Waals surface area contributed by atoms with Crippen LogP contribution in [0.25, 0.3) is 0 Å². The van der Waals surface area contributed by atoms with Crippen molar-refractivity contribution in [3.05, 3.63) is 35.9 Å². The number of hydrogen-bond acceptors (Lipinski definition) is 5. The van der Waals surface area contributed by atoms with E-state index in [4.69, 9.17) is 11.5 Å². The van der Waals surface area contributed by atoms with Gasteiger partial charge in [0.05, 0.1) is 6.04 Å². The van der Waals surface area contributed by atoms with Crippen molar-refractivity contribution >= 4 is 23.7 Å². The maximum Gasteiger partial charge on any atom is 0.326 e. The second kappa shape index (κ2) is 11.8. The summed E-state index contributed by atoms with van der Waals surface area (Å²) in [6, 6.07) is 5.89. The monoisotopic (exact) mass is 406 g/mol. The van der Waals surface area contributed by atoms with E-state index in [2.05, 4.69) is 10.6 Å². The second-order valence-corrected chi connectivity index (χ2v) is 7.07. The summed E-state index contributed by atoms with van der Waals surface area (Å²) >= 11 is 0. The number of carbonyl (C=O) groups is 4. The molecule has 0 saturated heterocycles. The van der Waals surface area contributed by atoms with Gasteiger partial charge in [-0.2, -0.15) is 0 Å². The molecule has 4 unspecified atom stereocenters. The van der Waals surface area contributed by atoms with E-state index >= 15 is 0 Å². The summed E-state index contributed by atoms with van der Waals surface area (Å²) in [5.41, 5.74) is 11.6. The lowest BCUT2D eigenvalue weighted by molar-refractivity contribution is -0.143. The number of nitrogens with one attached hydrogen (secondary N) is 2. The average Bonchev–Trinajstić information content (AvgIpc) is 2.69. The SMILES string of the molecule is CCC(C)C(NC(=O)C(Cc1ccccc1)NC(=O)C(N)CCC(N)=O)C(=O)O. The van der Waals surface area contributed by atoms with Gasteiger partial charge in [0, 0.05) is 12.8 Å². The Balaban J connectivity index is 2.94. The molecule has 1 aromatic rings. The molecule has 1 rings (SSSR count). The maximum absolute atomic E-state index is 12.8. The minimum atomic E-state index is -1.14. The van der Waals surface area contributed by atoms with Crippen LogP contribution in [0.3, 0.4) is 0 Å². The van der Waals surface area contributed by atoms with Crippen molar-refractivity contribution in [2.75, 3.05) is 0 Å². The van der Waals surface area contributed by atoms with Crippen molar-refractivity contribution in [3.8, 4) is 0 Å². The number of carbonyl (C=O) groups excluding carboxylic acids is 3. The number of aliphatic carboxylic acids is 1. The molecule has 0 radical (unpaired) electrons. The fourth-order valence-corrected chi connectivity index (χ4v) is 2.70. The van der Waals surface area contributed by atoms with Gasteiger partial charge in [-0.25, -0.2) is 4.79 Å². The van der Waals surface area contributed by atoms with Crippen LogP contribution in [0, 0.1) is 5.92 Å². The lowest BCUT2D eigenvalue weighted by Gasteiger charge is -2.25. The predicted octanol–water partition coefficient (Wildman–Crippen LogP) is -0.0778. The van der Waals surface area contributed by atoms with Crippen LogP contribution in [-0.4, -0.2) is 46.9 Å². The Morgan fingerprint density at radius 3 is 2.21 bits per heavy atom. The minimum Gasteiger partial charge on any atom is -0.480 e. The molecule has 0 aliphatic rings. The molecular weight excluding hydrogens is 376 g/mol. The molecule has 0 bridgehead atoms. The van der Waals surface area contributed by atoms with Crippen LogP contribution in [0.1, 0.15) is 38.7 Å². The number of benzene rings is 1. The van der Waals surface area contributed by atoms with Crippen LogP contribution in [-0.2, 0) is 25.6 Å². The minimum absolute atomic E-state index is 0.0471. The van der Waals surface area contributed by atoms with Gasteiger partial charge in [-0.15, -0.1) is 0 Å². The molecule has 29 heavy (non-hydrogen) atoms. The molecule has 1 aromatic carbocycles. The van der Waals surface area contributed by atoms with Gasteiger partial charge in [-0.1, -0.05) is 50.6 Å². The summed E-state index contributed by atoms with van der Waals surface area (Å²) < 4.78 is 0. The maximum atomic E-state index is 12.8. The van der Waals surface area contributed by atoms with Crippen LogP contribution < -0.4 is 22.1 Å². The van der Waals surface area contributed by atoms with Crippen LogP contribution in [0.5, 0.6) is 0 Å². The highest BCUT2D eigenvalue weighted by Crippen LogP contribution is 2.10. The molecule has 3 amide bonds. The quantitative estimate of drug-likeness (QED) is 0.326. The van der Waals surface area contributed by atoms with E-state index in [1.54, 1.807) is 31.2 Å². The second-order valence-electron chi connectivity index (χ2n) is 7.07. The smallest absolute Gasteiger partial charge is 0.326 e. The number of primary amides is 1. The number of carboxylic acid groups (broad SMARTS) is 1. The highest BCUT2D eigenvalue weighted by atomic mass is 16.4. The lowest BCUT2D eigenvalue weighted by Crippen LogP contribution is -2.56. The third kappa shape index (κ3) is 8.30. The zero-order valence-corrected chi connectivity index (χ0v) is 16.8. The highest BCUT2D eigenvalue weighted by molar-refractivity contribution is 5.92. The molecule has 0 saturated carbocycles. The Hall–Kier alpha value is -2.94. The first kappa shape index (κ1) is 24.1. The van der Waals surface area contributed by atoms with Gasteiger partial charge in [0.25, 0.3) is 0 Å². The van der Waals surface area contributed by atoms with Crippen molar-refractivity contribution in [1.29, 1.82) is 0 Å². The fourth-order valence-electron chi connectivity index (χ4n) is 2.70. The van der Waals surface area contributed by atoms with Crippen LogP contribution >= 0.6 is 0 Å². The van der Waals surface area contributed by atoms with E-state index in [-0.39, 0.29) is 25.2 Å². The zero-order valence-electron chi connectivity index (χ0n) is 16.8. The van der Waals surface area contributed by atoms with E-state index in [1.807, 2.05) is 13.0 Å². The van der Waals surface area contributed by atoms with E-state index in [9.17, 15) is 24.3 Å². The third-order valence-corrected chi connectivity index (χ3v) is 4.73. The van der Waals surface area contributed by atoms with Crippen molar-refractivity contribution < 1.29 is 24.3 Å². The molecule has 0 aliphatic carbocycles. The van der Waals surface area contributed by atoms with E-state index < -0.39 is 41.8 Å². The standard InChI is InChI=1S/C20H30N4O5/c1-3-12(2)17(20(28)29)24-19(27)15(11-13-7-5-4-6-8-13)23-18(26)14(21)9-10-16(22)25/h4-8,12,14-15,17H,3,9-11,21H2,1-2H3,(H2,22,25)(H,23,26)(H,24,27)(H,28,29). The van der Waals surface area contributed by atoms with Crippen molar-refractivity contribution in [3.63, 3.8) is 0 Å². The fraction of sp³-hybridized carbons (Fsp3) is 0.500. The summed E-state index contributed by atoms with van der Waals surface area (Å²) in [5.74, 6) is -3.24. The molecule has 0 fully saturated rings. The van der Waals surface area contributed by atoms with Crippen molar-refractivity contribution in [2.45, 2.75) is 57.7 Å². The number of hydrogen-bond donors (Lipinski definition) is 5. The molecule has 0 heterocycles. The molecule has 160 valence electrons. The first-order valence-corrected chi connectivity index (χ1v) is 9.57. The van der Waals surface area contributed by atoms with Crippen LogP contribution in [0.4, 0.5) is 0 Å². The lowest BCUT2D eigenvalue weighted by atomic mass is 9.98. The third-order valence-electron chi connectivity index (χ3n) is 4.73. The van der Waals surface area contributed by atoms with Gasteiger partial charge in [0.2, 0.25) is 17.7 Å². The number of amides is 3. The Bertz CT molecular complexity index is 710. The molecular formula is C20H30N4O5. The Morgan fingerprint density at radius 2 is 1.69 bits per heavy atom. The largest absolute Gasteiger partial charge is 0.480 e. The van der Waals surface area contributed by atoms with Gasteiger partial charge in [-0.3, -0.25) is 14.4 Å².